The number of hydrogen-bond acceptors (Lipinski definition) is 4. The quantitative estimate of drug-likeness (QED) is 0.775. The minimum Gasteiger partial charge on any atom is -0.346 e. The Bertz CT molecular complexity index is 803. The number of carbonyl (C=O) groups is 1. The summed E-state index contributed by atoms with van der Waals surface area (Å²) >= 11 is 0. The van der Waals surface area contributed by atoms with Crippen molar-refractivity contribution < 1.29 is 4.79 Å². The zero-order valence-corrected chi connectivity index (χ0v) is 12.7. The Kier molecular flexibility index (Phi) is 3.86. The summed E-state index contributed by atoms with van der Waals surface area (Å²) < 4.78 is 3.76. The Balaban J connectivity index is 1.72. The fourth-order valence-electron chi connectivity index (χ4n) is 2.40. The number of carbonyl (C=O) groups excluding carboxylic acids is 1. The van der Waals surface area contributed by atoms with E-state index in [0.29, 0.717) is 12.1 Å². The minimum absolute atomic E-state index is 0.121. The van der Waals surface area contributed by atoms with Crippen molar-refractivity contribution >= 4 is 11.6 Å². The average molecular weight is 298 g/mol. The van der Waals surface area contributed by atoms with E-state index in [1.165, 1.54) is 0 Å². The lowest BCUT2D eigenvalue weighted by Gasteiger charge is -2.06. The van der Waals surface area contributed by atoms with Gasteiger partial charge in [0.25, 0.3) is 5.91 Å². The molecule has 7 nitrogen and oxygen atoms in total. The van der Waals surface area contributed by atoms with E-state index in [1.54, 1.807) is 24.8 Å². The highest BCUT2D eigenvalue weighted by molar-refractivity contribution is 5.94. The second-order valence-corrected chi connectivity index (χ2v) is 5.10. The largest absolute Gasteiger partial charge is 0.346 e. The van der Waals surface area contributed by atoms with Crippen LogP contribution in [0, 0.1) is 6.92 Å². The Morgan fingerprint density at radius 2 is 2.18 bits per heavy atom. The third-order valence-electron chi connectivity index (χ3n) is 3.61. The van der Waals surface area contributed by atoms with E-state index in [9.17, 15) is 4.79 Å². The maximum atomic E-state index is 12.3. The van der Waals surface area contributed by atoms with Crippen molar-refractivity contribution in [2.45, 2.75) is 33.4 Å². The van der Waals surface area contributed by atoms with Crippen LogP contribution in [0.5, 0.6) is 0 Å². The molecule has 3 aromatic heterocycles. The van der Waals surface area contributed by atoms with Gasteiger partial charge in [-0.3, -0.25) is 18.9 Å². The van der Waals surface area contributed by atoms with Gasteiger partial charge in [-0.25, -0.2) is 4.98 Å². The van der Waals surface area contributed by atoms with E-state index in [0.717, 1.165) is 30.0 Å². The van der Waals surface area contributed by atoms with Gasteiger partial charge in [0.15, 0.2) is 5.65 Å². The molecule has 3 aromatic rings. The molecule has 0 aliphatic heterocycles. The van der Waals surface area contributed by atoms with Crippen molar-refractivity contribution in [3.63, 3.8) is 0 Å². The first-order chi connectivity index (χ1) is 10.7. The Labute approximate surface area is 128 Å². The number of hydrogen-bond donors (Lipinski definition) is 1. The minimum atomic E-state index is -0.121. The normalized spacial score (nSPS) is 11.0. The van der Waals surface area contributed by atoms with Crippen LogP contribution >= 0.6 is 0 Å². The number of aromatic nitrogens is 5. The van der Waals surface area contributed by atoms with Gasteiger partial charge in [-0.1, -0.05) is 6.92 Å². The van der Waals surface area contributed by atoms with Gasteiger partial charge in [0, 0.05) is 24.6 Å². The molecule has 3 heterocycles. The van der Waals surface area contributed by atoms with E-state index in [1.807, 2.05) is 22.2 Å². The number of nitrogens with zero attached hydrogens (tertiary/aromatic N) is 5. The molecule has 0 radical (unpaired) electrons. The summed E-state index contributed by atoms with van der Waals surface area (Å²) in [7, 11) is 0. The van der Waals surface area contributed by atoms with Crippen molar-refractivity contribution in [2.75, 3.05) is 0 Å². The summed E-state index contributed by atoms with van der Waals surface area (Å²) in [5.74, 6) is -0.121. The van der Waals surface area contributed by atoms with Crippen LogP contribution < -0.4 is 5.32 Å². The van der Waals surface area contributed by atoms with Crippen LogP contribution in [0.4, 0.5) is 0 Å². The van der Waals surface area contributed by atoms with Crippen LogP contribution in [-0.2, 0) is 13.1 Å². The van der Waals surface area contributed by atoms with Gasteiger partial charge < -0.3 is 5.32 Å². The molecule has 0 aliphatic carbocycles. The molecule has 0 bridgehead atoms. The van der Waals surface area contributed by atoms with Crippen molar-refractivity contribution in [1.29, 1.82) is 0 Å². The third-order valence-corrected chi connectivity index (χ3v) is 3.61. The van der Waals surface area contributed by atoms with E-state index >= 15 is 0 Å². The van der Waals surface area contributed by atoms with Gasteiger partial charge in [-0.15, -0.1) is 0 Å². The van der Waals surface area contributed by atoms with Crippen LogP contribution in [0.2, 0.25) is 0 Å². The first-order valence-electron chi connectivity index (χ1n) is 7.27. The van der Waals surface area contributed by atoms with E-state index in [4.69, 9.17) is 0 Å². The topological polar surface area (TPSA) is 77.1 Å². The van der Waals surface area contributed by atoms with Crippen LogP contribution in [0.15, 0.2) is 31.0 Å². The van der Waals surface area contributed by atoms with E-state index in [-0.39, 0.29) is 5.91 Å². The molecule has 0 atom stereocenters. The van der Waals surface area contributed by atoms with Crippen LogP contribution in [0.3, 0.4) is 0 Å². The van der Waals surface area contributed by atoms with Gasteiger partial charge in [0.2, 0.25) is 0 Å². The molecule has 0 spiro atoms. The fraction of sp³-hybridized carbons (Fsp3) is 0.333. The van der Waals surface area contributed by atoms with Gasteiger partial charge in [-0.05, 0) is 13.3 Å². The fourth-order valence-corrected chi connectivity index (χ4v) is 2.40. The molecule has 0 aliphatic rings. The maximum absolute atomic E-state index is 12.3. The average Bonchev–Trinajstić information content (AvgIpc) is 3.10. The second kappa shape index (κ2) is 5.97. The molecule has 0 saturated heterocycles. The number of rotatable bonds is 5. The van der Waals surface area contributed by atoms with Gasteiger partial charge in [0.1, 0.15) is 0 Å². The highest BCUT2D eigenvalue weighted by atomic mass is 16.1. The standard InChI is InChI=1S/C15H18N6O/c1-3-5-21-11(2)13(9-19-21)15(22)18-8-12-7-17-14-10-16-4-6-20(12)14/h4,6-7,9-10H,3,5,8H2,1-2H3,(H,18,22). The molecule has 0 fully saturated rings. The molecule has 0 aromatic carbocycles. The van der Waals surface area contributed by atoms with Gasteiger partial charge in [0.05, 0.1) is 36.4 Å². The first-order valence-corrected chi connectivity index (χ1v) is 7.27. The second-order valence-electron chi connectivity index (χ2n) is 5.10. The monoisotopic (exact) mass is 298 g/mol. The predicted molar refractivity (Wildman–Crippen MR) is 81.4 cm³/mol. The molecular weight excluding hydrogens is 280 g/mol. The Morgan fingerprint density at radius 1 is 1.32 bits per heavy atom. The SMILES string of the molecule is CCCn1ncc(C(=O)NCc2cnc3cnccn23)c1C. The lowest BCUT2D eigenvalue weighted by molar-refractivity contribution is 0.0949. The van der Waals surface area contributed by atoms with Gasteiger partial charge in [-0.2, -0.15) is 5.10 Å². The zero-order chi connectivity index (χ0) is 15.5. The molecule has 7 heteroatoms. The van der Waals surface area contributed by atoms with Crippen molar-refractivity contribution in [3.8, 4) is 0 Å². The number of nitrogens with one attached hydrogen (secondary N) is 1. The maximum Gasteiger partial charge on any atom is 0.255 e. The molecular formula is C15H18N6O. The molecule has 0 saturated carbocycles. The van der Waals surface area contributed by atoms with Crippen molar-refractivity contribution in [3.05, 3.63) is 47.9 Å². The van der Waals surface area contributed by atoms with E-state index in [2.05, 4.69) is 27.3 Å². The predicted octanol–water partition coefficient (Wildman–Crippen LogP) is 1.57. The van der Waals surface area contributed by atoms with Crippen molar-refractivity contribution in [2.24, 2.45) is 0 Å². The summed E-state index contributed by atoms with van der Waals surface area (Å²) in [5, 5.41) is 7.17. The summed E-state index contributed by atoms with van der Waals surface area (Å²) in [6.45, 7) is 5.22. The Hall–Kier alpha value is -2.70. The molecule has 0 unspecified atom stereocenters. The number of imidazole rings is 1. The molecule has 1 amide bonds. The van der Waals surface area contributed by atoms with E-state index < -0.39 is 0 Å². The summed E-state index contributed by atoms with van der Waals surface area (Å²) in [6.07, 6.45) is 9.56. The smallest absolute Gasteiger partial charge is 0.255 e. The number of aryl methyl sites for hydroxylation is 1. The molecule has 3 rings (SSSR count). The summed E-state index contributed by atoms with van der Waals surface area (Å²) in [4.78, 5) is 20.6. The van der Waals surface area contributed by atoms with Crippen LogP contribution in [0.25, 0.3) is 5.65 Å². The summed E-state index contributed by atoms with van der Waals surface area (Å²) in [6, 6.07) is 0. The number of fused-ring (bicyclic) bond motifs is 1. The third kappa shape index (κ3) is 2.57. The molecule has 1 N–H and O–H groups in total. The highest BCUT2D eigenvalue weighted by Gasteiger charge is 2.14. The molecule has 114 valence electrons. The van der Waals surface area contributed by atoms with Crippen LogP contribution in [-0.4, -0.2) is 30.1 Å². The Morgan fingerprint density at radius 3 is 3.00 bits per heavy atom. The zero-order valence-electron chi connectivity index (χ0n) is 12.7. The highest BCUT2D eigenvalue weighted by Crippen LogP contribution is 2.09. The van der Waals surface area contributed by atoms with Gasteiger partial charge >= 0.3 is 0 Å². The number of amides is 1. The van der Waals surface area contributed by atoms with Crippen molar-refractivity contribution in [1.82, 2.24) is 29.5 Å². The summed E-state index contributed by atoms with van der Waals surface area (Å²) in [5.41, 5.74) is 3.17. The lowest BCUT2D eigenvalue weighted by Crippen LogP contribution is -2.24. The van der Waals surface area contributed by atoms with Crippen LogP contribution in [0.1, 0.15) is 35.1 Å². The molecule has 22 heavy (non-hydrogen) atoms. The lowest BCUT2D eigenvalue weighted by atomic mass is 10.2. The first kappa shape index (κ1) is 14.2.